The number of hydrogen-bond donors (Lipinski definition) is 2. The zero-order valence-corrected chi connectivity index (χ0v) is 15.9. The van der Waals surface area contributed by atoms with E-state index in [-0.39, 0.29) is 12.1 Å². The highest BCUT2D eigenvalue weighted by Crippen LogP contribution is 2.49. The highest BCUT2D eigenvalue weighted by molar-refractivity contribution is 8.13. The van der Waals surface area contributed by atoms with Crippen LogP contribution >= 0.6 is 28.3 Å². The first-order valence-electron chi connectivity index (χ1n) is 7.45. The number of aryl methyl sites for hydroxylation is 1. The molecule has 0 bridgehead atoms. The predicted octanol–water partition coefficient (Wildman–Crippen LogP) is 2.13. The SMILES string of the molecule is Cc1ccc(SC2OC3COC(P(C)P)OC3C(O)C2O)cc1. The van der Waals surface area contributed by atoms with Gasteiger partial charge in [-0.25, -0.2) is 0 Å². The highest BCUT2D eigenvalue weighted by Gasteiger charge is 2.49. The maximum Gasteiger partial charge on any atom is 0.179 e. The average Bonchev–Trinajstić information content (AvgIpc) is 2.54. The minimum absolute atomic E-state index is 0.344. The van der Waals surface area contributed by atoms with Gasteiger partial charge in [-0.15, -0.1) is 8.93 Å². The maximum atomic E-state index is 10.4. The Kier molecular flexibility index (Phi) is 5.99. The van der Waals surface area contributed by atoms with E-state index < -0.39 is 31.4 Å². The molecule has 8 atom stereocenters. The zero-order chi connectivity index (χ0) is 16.6. The van der Waals surface area contributed by atoms with E-state index >= 15 is 0 Å². The molecule has 0 radical (unpaired) electrons. The largest absolute Gasteiger partial charge is 0.387 e. The molecule has 2 heterocycles. The molecular formula is C15H22O5P2S. The van der Waals surface area contributed by atoms with Crippen molar-refractivity contribution >= 4 is 28.3 Å². The van der Waals surface area contributed by atoms with Crippen LogP contribution < -0.4 is 0 Å². The first-order valence-corrected chi connectivity index (χ1v) is 11.8. The standard InChI is InChI=1S/C15H22O5P2S/c1-8-3-5-9(6-4-8)23-14-12(17)11(16)13-10(19-14)7-18-15(20-13)22(2)21/h3-6,10-17H,7,21H2,1-2H3. The molecule has 8 unspecified atom stereocenters. The number of ether oxygens (including phenoxy) is 3. The minimum Gasteiger partial charge on any atom is -0.387 e. The number of benzene rings is 1. The third-order valence-electron chi connectivity index (χ3n) is 3.92. The Labute approximate surface area is 143 Å². The van der Waals surface area contributed by atoms with E-state index in [1.807, 2.05) is 37.9 Å². The topological polar surface area (TPSA) is 68.2 Å². The molecule has 2 saturated heterocycles. The maximum absolute atomic E-state index is 10.4. The van der Waals surface area contributed by atoms with E-state index in [1.165, 1.54) is 17.3 Å². The van der Waals surface area contributed by atoms with E-state index in [1.54, 1.807) is 0 Å². The van der Waals surface area contributed by atoms with E-state index in [2.05, 4.69) is 8.93 Å². The van der Waals surface area contributed by atoms with Crippen molar-refractivity contribution in [2.45, 2.75) is 47.7 Å². The number of fused-ring (bicyclic) bond motifs is 1. The smallest absolute Gasteiger partial charge is 0.179 e. The zero-order valence-electron chi connectivity index (χ0n) is 13.0. The molecule has 0 aromatic heterocycles. The molecule has 0 aliphatic carbocycles. The fourth-order valence-corrected chi connectivity index (χ4v) is 4.80. The molecule has 1 aromatic rings. The van der Waals surface area contributed by atoms with Crippen molar-refractivity contribution in [3.8, 4) is 0 Å². The highest BCUT2D eigenvalue weighted by atomic mass is 32.2. The second-order valence-corrected chi connectivity index (χ2v) is 11.2. The van der Waals surface area contributed by atoms with E-state index in [0.717, 1.165) is 4.90 Å². The van der Waals surface area contributed by atoms with Gasteiger partial charge < -0.3 is 24.4 Å². The van der Waals surface area contributed by atoms with Crippen molar-refractivity contribution in [2.24, 2.45) is 0 Å². The summed E-state index contributed by atoms with van der Waals surface area (Å²) < 4.78 is 17.4. The van der Waals surface area contributed by atoms with Gasteiger partial charge in [-0.3, -0.25) is 0 Å². The van der Waals surface area contributed by atoms with Gasteiger partial charge in [-0.1, -0.05) is 29.5 Å². The number of rotatable bonds is 3. The molecule has 5 nitrogen and oxygen atoms in total. The van der Waals surface area contributed by atoms with Crippen molar-refractivity contribution in [3.05, 3.63) is 29.8 Å². The molecule has 1 aromatic carbocycles. The number of thioether (sulfide) groups is 1. The summed E-state index contributed by atoms with van der Waals surface area (Å²) in [6.45, 7) is 4.41. The second-order valence-electron chi connectivity index (χ2n) is 5.86. The molecule has 0 saturated carbocycles. The van der Waals surface area contributed by atoms with Crippen LogP contribution in [0, 0.1) is 6.92 Å². The lowest BCUT2D eigenvalue weighted by Gasteiger charge is -2.46. The van der Waals surface area contributed by atoms with Gasteiger partial charge >= 0.3 is 0 Å². The lowest BCUT2D eigenvalue weighted by atomic mass is 10.00. The Bertz CT molecular complexity index is 527. The first kappa shape index (κ1) is 18.0. The summed E-state index contributed by atoms with van der Waals surface area (Å²) in [5.41, 5.74) is 0.630. The molecule has 2 fully saturated rings. The average molecular weight is 376 g/mol. The molecule has 2 aliphatic heterocycles. The molecule has 128 valence electrons. The van der Waals surface area contributed by atoms with Gasteiger partial charge in [-0.05, 0) is 33.3 Å². The quantitative estimate of drug-likeness (QED) is 0.788. The molecular weight excluding hydrogens is 354 g/mol. The van der Waals surface area contributed by atoms with Gasteiger partial charge in [0.05, 0.1) is 6.61 Å². The van der Waals surface area contributed by atoms with Crippen LogP contribution in [0.15, 0.2) is 29.2 Å². The van der Waals surface area contributed by atoms with E-state index in [9.17, 15) is 10.2 Å². The van der Waals surface area contributed by atoms with Crippen LogP contribution in [-0.4, -0.2) is 59.4 Å². The normalized spacial score (nSPS) is 38.8. The summed E-state index contributed by atoms with van der Waals surface area (Å²) in [5.74, 6) is 0. The lowest BCUT2D eigenvalue weighted by Crippen LogP contribution is -2.61. The summed E-state index contributed by atoms with van der Waals surface area (Å²) >= 11 is 1.40. The van der Waals surface area contributed by atoms with Gasteiger partial charge in [0.1, 0.15) is 29.9 Å². The summed E-state index contributed by atoms with van der Waals surface area (Å²) in [6.07, 6.45) is -2.91. The summed E-state index contributed by atoms with van der Waals surface area (Å²) in [4.78, 5) is 0.989. The van der Waals surface area contributed by atoms with Crippen molar-refractivity contribution in [2.75, 3.05) is 13.3 Å². The molecule has 3 rings (SSSR count). The summed E-state index contributed by atoms with van der Waals surface area (Å²) in [7, 11) is 2.17. The number of aliphatic hydroxyl groups excluding tert-OH is 2. The molecule has 2 aliphatic rings. The molecule has 8 heteroatoms. The summed E-state index contributed by atoms with van der Waals surface area (Å²) in [6, 6.07) is 7.64. The summed E-state index contributed by atoms with van der Waals surface area (Å²) in [5, 5.41) is 20.8. The Morgan fingerprint density at radius 2 is 1.87 bits per heavy atom. The molecule has 0 spiro atoms. The fourth-order valence-electron chi connectivity index (χ4n) is 2.62. The first-order chi connectivity index (χ1) is 11.0. The Balaban J connectivity index is 1.68. The van der Waals surface area contributed by atoms with E-state index in [4.69, 9.17) is 14.2 Å². The van der Waals surface area contributed by atoms with Gasteiger partial charge in [0.25, 0.3) is 0 Å². The van der Waals surface area contributed by atoms with Crippen LogP contribution in [0.1, 0.15) is 5.56 Å². The van der Waals surface area contributed by atoms with Gasteiger partial charge in [0.15, 0.2) is 6.03 Å². The van der Waals surface area contributed by atoms with Crippen molar-refractivity contribution in [1.82, 2.24) is 0 Å². The monoisotopic (exact) mass is 376 g/mol. The van der Waals surface area contributed by atoms with Crippen molar-refractivity contribution in [3.63, 3.8) is 0 Å². The van der Waals surface area contributed by atoms with Crippen LogP contribution in [0.2, 0.25) is 0 Å². The van der Waals surface area contributed by atoms with E-state index in [0.29, 0.717) is 6.61 Å². The fraction of sp³-hybridized carbons (Fsp3) is 0.600. The van der Waals surface area contributed by atoms with Crippen LogP contribution in [0.5, 0.6) is 0 Å². The van der Waals surface area contributed by atoms with Crippen LogP contribution in [0.3, 0.4) is 0 Å². The molecule has 23 heavy (non-hydrogen) atoms. The second kappa shape index (κ2) is 7.63. The third kappa shape index (κ3) is 4.08. The van der Waals surface area contributed by atoms with Gasteiger partial charge in [-0.2, -0.15) is 0 Å². The molecule has 2 N–H and O–H groups in total. The minimum atomic E-state index is -1.01. The number of hydrogen-bond acceptors (Lipinski definition) is 6. The Morgan fingerprint density at radius 3 is 2.52 bits per heavy atom. The van der Waals surface area contributed by atoms with Gasteiger partial charge in [0.2, 0.25) is 0 Å². The Morgan fingerprint density at radius 1 is 1.17 bits per heavy atom. The Hall–Kier alpha value is 0.230. The predicted molar refractivity (Wildman–Crippen MR) is 94.9 cm³/mol. The van der Waals surface area contributed by atoms with Crippen molar-refractivity contribution in [1.29, 1.82) is 0 Å². The third-order valence-corrected chi connectivity index (χ3v) is 6.76. The number of aliphatic hydroxyl groups is 2. The van der Waals surface area contributed by atoms with Crippen LogP contribution in [0.4, 0.5) is 0 Å². The van der Waals surface area contributed by atoms with Crippen molar-refractivity contribution < 1.29 is 24.4 Å². The van der Waals surface area contributed by atoms with Crippen LogP contribution in [0.25, 0.3) is 0 Å². The lowest BCUT2D eigenvalue weighted by molar-refractivity contribution is -0.292. The molecule has 0 amide bonds. The van der Waals surface area contributed by atoms with Gasteiger partial charge in [0, 0.05) is 4.90 Å². The van der Waals surface area contributed by atoms with Crippen LogP contribution in [-0.2, 0) is 14.2 Å².